The van der Waals surface area contributed by atoms with Crippen molar-refractivity contribution >= 4 is 46.6 Å². The molecule has 0 spiro atoms. The molecule has 0 aliphatic rings. The van der Waals surface area contributed by atoms with Crippen LogP contribution in [0.2, 0.25) is 10.0 Å². The van der Waals surface area contributed by atoms with Crippen LogP contribution >= 0.6 is 35.0 Å². The number of thioether (sulfide) groups is 1. The zero-order valence-corrected chi connectivity index (χ0v) is 14.7. The molecule has 1 unspecified atom stereocenters. The Kier molecular flexibility index (Phi) is 6.16. The number of hydrogen-bond donors (Lipinski definition) is 1. The molecule has 0 aromatic heterocycles. The molecule has 1 atom stereocenters. The van der Waals surface area contributed by atoms with Crippen molar-refractivity contribution in [1.82, 2.24) is 0 Å². The van der Waals surface area contributed by atoms with E-state index in [-0.39, 0.29) is 10.9 Å². The number of carbonyl (C=O) groups excluding carboxylic acids is 1. The van der Waals surface area contributed by atoms with Gasteiger partial charge in [0.1, 0.15) is 11.6 Å². The summed E-state index contributed by atoms with van der Waals surface area (Å²) in [5.41, 5.74) is 0.495. The number of benzene rings is 2. The lowest BCUT2D eigenvalue weighted by molar-refractivity contribution is -0.115. The Morgan fingerprint density at radius 3 is 2.65 bits per heavy atom. The zero-order valence-electron chi connectivity index (χ0n) is 12.4. The molecular formula is C16H14Cl2FNO2S. The first-order chi connectivity index (χ1) is 10.9. The van der Waals surface area contributed by atoms with E-state index in [1.165, 1.54) is 31.0 Å². The number of methoxy groups -OCH3 is 1. The van der Waals surface area contributed by atoms with E-state index in [0.29, 0.717) is 21.4 Å². The second-order valence-corrected chi connectivity index (χ2v) is 6.93. The van der Waals surface area contributed by atoms with Crippen LogP contribution in [0.15, 0.2) is 41.3 Å². The molecule has 23 heavy (non-hydrogen) atoms. The van der Waals surface area contributed by atoms with Crippen LogP contribution in [0.1, 0.15) is 6.92 Å². The first kappa shape index (κ1) is 17.9. The normalized spacial score (nSPS) is 11.9. The van der Waals surface area contributed by atoms with Gasteiger partial charge in [0.15, 0.2) is 0 Å². The van der Waals surface area contributed by atoms with Gasteiger partial charge < -0.3 is 10.1 Å². The Morgan fingerprint density at radius 1 is 1.26 bits per heavy atom. The molecule has 122 valence electrons. The molecule has 0 saturated carbocycles. The summed E-state index contributed by atoms with van der Waals surface area (Å²) in [6.45, 7) is 1.74. The first-order valence-electron chi connectivity index (χ1n) is 6.67. The number of carbonyl (C=O) groups is 1. The standard InChI is InChI=1S/C16H14Cl2FNO2S/c1-9(23-11-4-5-13(19)12(18)8-11)16(21)20-14-7-10(17)3-6-15(14)22-2/h3-9H,1-2H3,(H,20,21). The number of hydrogen-bond acceptors (Lipinski definition) is 3. The van der Waals surface area contributed by atoms with Gasteiger partial charge in [-0.1, -0.05) is 23.2 Å². The second kappa shape index (κ2) is 7.90. The van der Waals surface area contributed by atoms with Gasteiger partial charge in [0.25, 0.3) is 0 Å². The summed E-state index contributed by atoms with van der Waals surface area (Å²) in [7, 11) is 1.51. The number of amides is 1. The number of nitrogens with one attached hydrogen (secondary N) is 1. The minimum absolute atomic E-state index is 0.0270. The van der Waals surface area contributed by atoms with Crippen molar-refractivity contribution < 1.29 is 13.9 Å². The fourth-order valence-corrected chi connectivity index (χ4v) is 3.14. The van der Waals surface area contributed by atoms with Gasteiger partial charge in [-0.2, -0.15) is 0 Å². The van der Waals surface area contributed by atoms with Crippen molar-refractivity contribution in [1.29, 1.82) is 0 Å². The summed E-state index contributed by atoms with van der Waals surface area (Å²) in [4.78, 5) is 13.0. The van der Waals surface area contributed by atoms with Gasteiger partial charge in [0, 0.05) is 9.92 Å². The van der Waals surface area contributed by atoms with Crippen molar-refractivity contribution in [3.63, 3.8) is 0 Å². The van der Waals surface area contributed by atoms with E-state index in [2.05, 4.69) is 5.32 Å². The monoisotopic (exact) mass is 373 g/mol. The van der Waals surface area contributed by atoms with Crippen LogP contribution in [0.3, 0.4) is 0 Å². The van der Waals surface area contributed by atoms with E-state index in [9.17, 15) is 9.18 Å². The van der Waals surface area contributed by atoms with Crippen molar-refractivity contribution in [2.24, 2.45) is 0 Å². The molecule has 2 aromatic carbocycles. The maximum Gasteiger partial charge on any atom is 0.237 e. The first-order valence-corrected chi connectivity index (χ1v) is 8.30. The molecule has 1 amide bonds. The predicted molar refractivity (Wildman–Crippen MR) is 93.4 cm³/mol. The minimum Gasteiger partial charge on any atom is -0.495 e. The Hall–Kier alpha value is -1.43. The van der Waals surface area contributed by atoms with Crippen LogP contribution < -0.4 is 10.1 Å². The smallest absolute Gasteiger partial charge is 0.237 e. The van der Waals surface area contributed by atoms with Gasteiger partial charge >= 0.3 is 0 Å². The third-order valence-electron chi connectivity index (χ3n) is 2.99. The van der Waals surface area contributed by atoms with Crippen LogP contribution in [0.4, 0.5) is 10.1 Å². The molecule has 0 aliphatic heterocycles. The van der Waals surface area contributed by atoms with Crippen molar-refractivity contribution in [2.45, 2.75) is 17.1 Å². The molecule has 2 rings (SSSR count). The third-order valence-corrected chi connectivity index (χ3v) is 4.61. The third kappa shape index (κ3) is 4.77. The predicted octanol–water partition coefficient (Wildman–Crippen LogP) is 5.26. The molecule has 0 fully saturated rings. The topological polar surface area (TPSA) is 38.3 Å². The van der Waals surface area contributed by atoms with E-state index in [4.69, 9.17) is 27.9 Å². The van der Waals surface area contributed by atoms with Gasteiger partial charge in [-0.15, -0.1) is 11.8 Å². The fourth-order valence-electron chi connectivity index (χ4n) is 1.82. The number of rotatable bonds is 5. The van der Waals surface area contributed by atoms with Gasteiger partial charge in [-0.25, -0.2) is 4.39 Å². The Morgan fingerprint density at radius 2 is 2.00 bits per heavy atom. The van der Waals surface area contributed by atoms with Crippen molar-refractivity contribution in [2.75, 3.05) is 12.4 Å². The van der Waals surface area contributed by atoms with Crippen molar-refractivity contribution in [3.05, 3.63) is 52.3 Å². The average Bonchev–Trinajstić information content (AvgIpc) is 2.51. The van der Waals surface area contributed by atoms with Gasteiger partial charge in [-0.3, -0.25) is 4.79 Å². The Balaban J connectivity index is 2.08. The highest BCUT2D eigenvalue weighted by atomic mass is 35.5. The Bertz CT molecular complexity index is 727. The van der Waals surface area contributed by atoms with Gasteiger partial charge in [-0.05, 0) is 43.3 Å². The quantitative estimate of drug-likeness (QED) is 0.726. The molecule has 0 heterocycles. The lowest BCUT2D eigenvalue weighted by atomic mass is 10.3. The number of halogens is 3. The molecule has 0 aliphatic carbocycles. The van der Waals surface area contributed by atoms with Crippen LogP contribution in [-0.4, -0.2) is 18.3 Å². The lowest BCUT2D eigenvalue weighted by Crippen LogP contribution is -2.22. The number of ether oxygens (including phenoxy) is 1. The van der Waals surface area contributed by atoms with E-state index in [1.807, 2.05) is 0 Å². The summed E-state index contributed by atoms with van der Waals surface area (Å²) in [5, 5.41) is 2.87. The second-order valence-electron chi connectivity index (χ2n) is 4.67. The summed E-state index contributed by atoms with van der Waals surface area (Å²) < 4.78 is 18.3. The Labute approximate surface area is 148 Å². The highest BCUT2D eigenvalue weighted by molar-refractivity contribution is 8.00. The summed E-state index contributed by atoms with van der Waals surface area (Å²) in [5.74, 6) is -0.197. The number of anilines is 1. The van der Waals surface area contributed by atoms with E-state index in [1.54, 1.807) is 31.2 Å². The average molecular weight is 374 g/mol. The molecular weight excluding hydrogens is 360 g/mol. The molecule has 7 heteroatoms. The van der Waals surface area contributed by atoms with Crippen LogP contribution in [0.25, 0.3) is 0 Å². The van der Waals surface area contributed by atoms with Crippen LogP contribution in [0, 0.1) is 5.82 Å². The maximum absolute atomic E-state index is 13.2. The van der Waals surface area contributed by atoms with E-state index in [0.717, 1.165) is 0 Å². The SMILES string of the molecule is COc1ccc(Cl)cc1NC(=O)C(C)Sc1ccc(F)c(Cl)c1. The van der Waals surface area contributed by atoms with Gasteiger partial charge in [0.05, 0.1) is 23.1 Å². The molecule has 0 bridgehead atoms. The molecule has 3 nitrogen and oxygen atoms in total. The lowest BCUT2D eigenvalue weighted by Gasteiger charge is -2.14. The van der Waals surface area contributed by atoms with Crippen molar-refractivity contribution in [3.8, 4) is 5.75 Å². The van der Waals surface area contributed by atoms with E-state index < -0.39 is 11.1 Å². The molecule has 1 N–H and O–H groups in total. The maximum atomic E-state index is 13.2. The summed E-state index contributed by atoms with van der Waals surface area (Å²) >= 11 is 13.0. The molecule has 2 aromatic rings. The molecule has 0 saturated heterocycles. The van der Waals surface area contributed by atoms with Crippen LogP contribution in [0.5, 0.6) is 5.75 Å². The highest BCUT2D eigenvalue weighted by Crippen LogP contribution is 2.31. The highest BCUT2D eigenvalue weighted by Gasteiger charge is 2.17. The summed E-state index contributed by atoms with van der Waals surface area (Å²) in [6, 6.07) is 9.31. The van der Waals surface area contributed by atoms with E-state index >= 15 is 0 Å². The largest absolute Gasteiger partial charge is 0.495 e. The molecule has 0 radical (unpaired) electrons. The minimum atomic E-state index is -0.489. The summed E-state index contributed by atoms with van der Waals surface area (Å²) in [6.07, 6.45) is 0. The van der Waals surface area contributed by atoms with Crippen LogP contribution in [-0.2, 0) is 4.79 Å². The fraction of sp³-hybridized carbons (Fsp3) is 0.188. The zero-order chi connectivity index (χ0) is 17.0. The van der Waals surface area contributed by atoms with Gasteiger partial charge in [0.2, 0.25) is 5.91 Å².